The number of thioether (sulfide) groups is 2. The van der Waals surface area contributed by atoms with Crippen molar-refractivity contribution in [3.63, 3.8) is 0 Å². The zero-order chi connectivity index (χ0) is 10.7. The number of carbonyl (C=O) groups excluding carboxylic acids is 2. The summed E-state index contributed by atoms with van der Waals surface area (Å²) in [4.78, 5) is 21.6. The lowest BCUT2D eigenvalue weighted by Crippen LogP contribution is -2.32. The van der Waals surface area contributed by atoms with E-state index in [2.05, 4.69) is 26.4 Å². The van der Waals surface area contributed by atoms with E-state index in [0.717, 1.165) is 0 Å². The molecule has 2 aliphatic rings. The number of hydrogen-bond donors (Lipinski definition) is 3. The van der Waals surface area contributed by atoms with Crippen LogP contribution >= 0.6 is 23.5 Å². The number of nitrogens with one attached hydrogen (secondary N) is 3. The molecule has 3 N–H and O–H groups in total. The van der Waals surface area contributed by atoms with Gasteiger partial charge in [0.15, 0.2) is 5.17 Å². The van der Waals surface area contributed by atoms with Gasteiger partial charge < -0.3 is 5.32 Å². The van der Waals surface area contributed by atoms with Crippen molar-refractivity contribution >= 4 is 45.7 Å². The summed E-state index contributed by atoms with van der Waals surface area (Å²) in [5, 5.41) is 11.2. The van der Waals surface area contributed by atoms with E-state index in [1.54, 1.807) is 0 Å². The molecule has 2 aliphatic heterocycles. The molecule has 9 heteroatoms. The molecule has 0 aromatic heterocycles. The number of nitrogens with zero attached hydrogens (tertiary/aromatic N) is 2. The SMILES string of the molecule is O=C1CSC(NN=C2NC(=O)CS2)=NN1. The highest BCUT2D eigenvalue weighted by atomic mass is 32.2. The van der Waals surface area contributed by atoms with E-state index < -0.39 is 0 Å². The Bertz CT molecular complexity index is 367. The minimum Gasteiger partial charge on any atom is -0.303 e. The molecule has 1 saturated heterocycles. The molecular formula is C6H7N5O2S2. The van der Waals surface area contributed by atoms with Crippen LogP contribution in [0.3, 0.4) is 0 Å². The van der Waals surface area contributed by atoms with Crippen molar-refractivity contribution in [3.8, 4) is 0 Å². The van der Waals surface area contributed by atoms with Crippen LogP contribution in [0, 0.1) is 0 Å². The number of rotatable bonds is 1. The van der Waals surface area contributed by atoms with Crippen LogP contribution in [0.15, 0.2) is 10.2 Å². The molecule has 0 spiro atoms. The van der Waals surface area contributed by atoms with E-state index in [9.17, 15) is 9.59 Å². The molecule has 7 nitrogen and oxygen atoms in total. The topological polar surface area (TPSA) is 95.0 Å². The van der Waals surface area contributed by atoms with Crippen LogP contribution in [-0.2, 0) is 9.59 Å². The van der Waals surface area contributed by atoms with Crippen LogP contribution in [0.4, 0.5) is 0 Å². The minimum atomic E-state index is -0.137. The van der Waals surface area contributed by atoms with Crippen molar-refractivity contribution in [1.29, 1.82) is 0 Å². The third-order valence-corrected chi connectivity index (χ3v) is 3.20. The highest BCUT2D eigenvalue weighted by Crippen LogP contribution is 2.09. The summed E-state index contributed by atoms with van der Waals surface area (Å²) in [6.07, 6.45) is 0. The van der Waals surface area contributed by atoms with Gasteiger partial charge in [0.25, 0.3) is 5.91 Å². The molecule has 0 radical (unpaired) electrons. The van der Waals surface area contributed by atoms with Crippen LogP contribution in [0.25, 0.3) is 0 Å². The molecule has 0 aromatic carbocycles. The third kappa shape index (κ3) is 2.86. The Kier molecular flexibility index (Phi) is 3.11. The lowest BCUT2D eigenvalue weighted by molar-refractivity contribution is -0.118. The molecule has 2 heterocycles. The maximum atomic E-state index is 10.8. The molecule has 0 unspecified atom stereocenters. The van der Waals surface area contributed by atoms with Crippen LogP contribution in [0.1, 0.15) is 0 Å². The fraction of sp³-hybridized carbons (Fsp3) is 0.333. The van der Waals surface area contributed by atoms with Crippen molar-refractivity contribution in [1.82, 2.24) is 16.2 Å². The second-order valence-electron chi connectivity index (χ2n) is 2.61. The molecule has 0 saturated carbocycles. The second-order valence-corrected chi connectivity index (χ2v) is 4.53. The number of hydrazone groups is 2. The lowest BCUT2D eigenvalue weighted by atomic mass is 10.7. The average molecular weight is 245 g/mol. The van der Waals surface area contributed by atoms with Gasteiger partial charge in [-0.15, -0.1) is 10.2 Å². The Labute approximate surface area is 93.5 Å². The van der Waals surface area contributed by atoms with Crippen molar-refractivity contribution < 1.29 is 9.59 Å². The predicted molar refractivity (Wildman–Crippen MR) is 59.2 cm³/mol. The first-order chi connectivity index (χ1) is 7.24. The van der Waals surface area contributed by atoms with E-state index in [1.807, 2.05) is 0 Å². The summed E-state index contributed by atoms with van der Waals surface area (Å²) in [6, 6.07) is 0. The fourth-order valence-electron chi connectivity index (χ4n) is 0.853. The van der Waals surface area contributed by atoms with E-state index in [1.165, 1.54) is 23.5 Å². The minimum absolute atomic E-state index is 0.0629. The Morgan fingerprint density at radius 2 is 2.07 bits per heavy atom. The average Bonchev–Trinajstić information content (AvgIpc) is 2.64. The van der Waals surface area contributed by atoms with Gasteiger partial charge in [-0.1, -0.05) is 23.5 Å². The Balaban J connectivity index is 1.88. The quantitative estimate of drug-likeness (QED) is 0.507. The van der Waals surface area contributed by atoms with Crippen molar-refractivity contribution in [2.75, 3.05) is 11.5 Å². The van der Waals surface area contributed by atoms with Crippen LogP contribution in [0.5, 0.6) is 0 Å². The number of amides is 2. The summed E-state index contributed by atoms with van der Waals surface area (Å²) in [7, 11) is 0. The van der Waals surface area contributed by atoms with E-state index >= 15 is 0 Å². The summed E-state index contributed by atoms with van der Waals surface area (Å²) in [5.74, 6) is 0.501. The van der Waals surface area contributed by atoms with Crippen molar-refractivity contribution in [2.24, 2.45) is 10.2 Å². The van der Waals surface area contributed by atoms with Gasteiger partial charge in [0.1, 0.15) is 0 Å². The maximum absolute atomic E-state index is 10.8. The summed E-state index contributed by atoms with van der Waals surface area (Å²) in [6.45, 7) is 0. The Morgan fingerprint density at radius 1 is 1.27 bits per heavy atom. The third-order valence-electron chi connectivity index (χ3n) is 1.46. The smallest absolute Gasteiger partial charge is 0.250 e. The first-order valence-electron chi connectivity index (χ1n) is 4.00. The molecule has 0 aromatic rings. The maximum Gasteiger partial charge on any atom is 0.250 e. The molecule has 1 fully saturated rings. The Hall–Kier alpha value is -1.22. The number of amidine groups is 2. The van der Waals surface area contributed by atoms with Gasteiger partial charge in [-0.2, -0.15) is 0 Å². The van der Waals surface area contributed by atoms with Gasteiger partial charge in [-0.05, 0) is 0 Å². The largest absolute Gasteiger partial charge is 0.303 e. The predicted octanol–water partition coefficient (Wildman–Crippen LogP) is -1.16. The molecule has 80 valence electrons. The zero-order valence-electron chi connectivity index (χ0n) is 7.44. The summed E-state index contributed by atoms with van der Waals surface area (Å²) in [5.41, 5.74) is 4.97. The van der Waals surface area contributed by atoms with Crippen molar-refractivity contribution in [3.05, 3.63) is 0 Å². The number of carbonyl (C=O) groups is 2. The Morgan fingerprint density at radius 3 is 2.67 bits per heavy atom. The molecule has 2 amide bonds. The van der Waals surface area contributed by atoms with Crippen molar-refractivity contribution in [2.45, 2.75) is 0 Å². The molecular weight excluding hydrogens is 238 g/mol. The van der Waals surface area contributed by atoms with E-state index in [-0.39, 0.29) is 11.8 Å². The fourth-order valence-corrected chi connectivity index (χ4v) is 2.04. The second kappa shape index (κ2) is 4.53. The lowest BCUT2D eigenvalue weighted by Gasteiger charge is -2.09. The number of hydrogen-bond acceptors (Lipinski definition) is 7. The van der Waals surface area contributed by atoms with Crippen LogP contribution < -0.4 is 16.2 Å². The van der Waals surface area contributed by atoms with Gasteiger partial charge in [0, 0.05) is 0 Å². The molecule has 0 bridgehead atoms. The van der Waals surface area contributed by atoms with E-state index in [0.29, 0.717) is 21.8 Å². The summed E-state index contributed by atoms with van der Waals surface area (Å²) < 4.78 is 0. The highest BCUT2D eigenvalue weighted by molar-refractivity contribution is 8.15. The molecule has 0 atom stereocenters. The normalized spacial score (nSPS) is 23.5. The van der Waals surface area contributed by atoms with E-state index in [4.69, 9.17) is 0 Å². The van der Waals surface area contributed by atoms with Crippen LogP contribution in [0.2, 0.25) is 0 Å². The van der Waals surface area contributed by atoms with Gasteiger partial charge in [0.2, 0.25) is 11.1 Å². The van der Waals surface area contributed by atoms with Gasteiger partial charge in [0.05, 0.1) is 11.5 Å². The highest BCUT2D eigenvalue weighted by Gasteiger charge is 2.17. The first-order valence-corrected chi connectivity index (χ1v) is 5.97. The first kappa shape index (κ1) is 10.3. The summed E-state index contributed by atoms with van der Waals surface area (Å²) >= 11 is 2.57. The van der Waals surface area contributed by atoms with Gasteiger partial charge in [-0.25, -0.2) is 5.43 Å². The molecule has 15 heavy (non-hydrogen) atoms. The molecule has 0 aliphatic carbocycles. The monoisotopic (exact) mass is 245 g/mol. The van der Waals surface area contributed by atoms with Gasteiger partial charge in [-0.3, -0.25) is 15.0 Å². The molecule has 2 rings (SSSR count). The van der Waals surface area contributed by atoms with Gasteiger partial charge >= 0.3 is 0 Å². The standard InChI is InChI=1S/C6H7N5O2S2/c12-3-1-14-5(7-3)9-11-6-10-8-4(13)2-15-6/h1-2H2,(H,8,13)(H,10,11)(H,7,9,12). The van der Waals surface area contributed by atoms with Crippen LogP contribution in [-0.4, -0.2) is 33.7 Å². The zero-order valence-corrected chi connectivity index (χ0v) is 9.07.